The molecule has 248 valence electrons. The fraction of sp³-hybridized carbons (Fsp3) is 0.263. The van der Waals surface area contributed by atoms with Gasteiger partial charge in [0.15, 0.2) is 11.5 Å². The minimum Gasteiger partial charge on any atom is -0.453 e. The van der Waals surface area contributed by atoms with Crippen LogP contribution in [0.5, 0.6) is 23.0 Å². The van der Waals surface area contributed by atoms with Crippen LogP contribution in [0.3, 0.4) is 0 Å². The van der Waals surface area contributed by atoms with Crippen molar-refractivity contribution in [3.63, 3.8) is 0 Å². The van der Waals surface area contributed by atoms with Crippen molar-refractivity contribution in [2.45, 2.75) is 59.7 Å². The highest BCUT2D eigenvalue weighted by Crippen LogP contribution is 2.36. The van der Waals surface area contributed by atoms with E-state index in [0.29, 0.717) is 74.2 Å². The number of fused-ring (bicyclic) bond motifs is 2. The first-order valence-corrected chi connectivity index (χ1v) is 15.5. The Morgan fingerprint density at radius 2 is 1.10 bits per heavy atom. The Labute approximate surface area is 278 Å². The lowest BCUT2D eigenvalue weighted by Crippen LogP contribution is -2.23. The molecule has 0 unspecified atom stereocenters. The Hall–Kier alpha value is -5.06. The lowest BCUT2D eigenvalue weighted by molar-refractivity contribution is -0.0186. The van der Waals surface area contributed by atoms with Crippen LogP contribution < -0.4 is 9.47 Å². The molecule has 0 saturated heterocycles. The fourth-order valence-corrected chi connectivity index (χ4v) is 5.20. The van der Waals surface area contributed by atoms with Crippen LogP contribution in [-0.2, 0) is 15.9 Å². The summed E-state index contributed by atoms with van der Waals surface area (Å²) in [4.78, 5) is 17.3. The summed E-state index contributed by atoms with van der Waals surface area (Å²) in [6.07, 6.45) is 3.31. The van der Waals surface area contributed by atoms with Crippen LogP contribution in [0.4, 0.5) is 8.78 Å². The van der Waals surface area contributed by atoms with Gasteiger partial charge in [0.2, 0.25) is 0 Å². The summed E-state index contributed by atoms with van der Waals surface area (Å²) < 4.78 is 45.5. The van der Waals surface area contributed by atoms with Crippen LogP contribution >= 0.6 is 0 Å². The van der Waals surface area contributed by atoms with E-state index in [1.165, 1.54) is 12.1 Å². The summed E-state index contributed by atoms with van der Waals surface area (Å²) >= 11 is 0. The highest BCUT2D eigenvalue weighted by molar-refractivity contribution is 5.81. The number of nitrogens with zero attached hydrogens (tertiary/aromatic N) is 4. The number of benzene rings is 2. The van der Waals surface area contributed by atoms with E-state index in [1.807, 2.05) is 39.0 Å². The quantitative estimate of drug-likeness (QED) is 0.174. The molecule has 4 heterocycles. The molecule has 0 fully saturated rings. The molecule has 0 atom stereocenters. The molecule has 48 heavy (non-hydrogen) atoms. The van der Waals surface area contributed by atoms with Gasteiger partial charge in [0.05, 0.1) is 11.4 Å². The number of rotatable bonds is 8. The molecule has 0 aliphatic heterocycles. The Bertz CT molecular complexity index is 2080. The van der Waals surface area contributed by atoms with E-state index in [9.17, 15) is 13.9 Å². The van der Waals surface area contributed by atoms with Gasteiger partial charge in [-0.25, -0.2) is 18.7 Å². The Kier molecular flexibility index (Phi) is 9.98. The average Bonchev–Trinajstić information content (AvgIpc) is 3.03. The lowest BCUT2D eigenvalue weighted by atomic mass is 10.0. The van der Waals surface area contributed by atoms with Crippen molar-refractivity contribution in [3.8, 4) is 23.0 Å². The monoisotopic (exact) mass is 652 g/mol. The molecule has 2 aromatic carbocycles. The average molecular weight is 653 g/mol. The first kappa shape index (κ1) is 34.3. The summed E-state index contributed by atoms with van der Waals surface area (Å²) in [6, 6.07) is 20.3. The van der Waals surface area contributed by atoms with E-state index in [4.69, 9.17) is 14.2 Å². The van der Waals surface area contributed by atoms with Gasteiger partial charge in [-0.15, -0.1) is 0 Å². The van der Waals surface area contributed by atoms with Crippen molar-refractivity contribution >= 4 is 21.8 Å². The maximum absolute atomic E-state index is 13.9. The molecular weight excluding hydrogens is 614 g/mol. The summed E-state index contributed by atoms with van der Waals surface area (Å²) in [5, 5.41) is 11.6. The molecule has 6 aromatic rings. The minimum atomic E-state index is -1.14. The maximum atomic E-state index is 13.9. The summed E-state index contributed by atoms with van der Waals surface area (Å²) in [7, 11) is 0. The number of ether oxygens (including phenoxy) is 3. The molecule has 10 heteroatoms. The molecule has 8 nitrogen and oxygen atoms in total. The second-order valence-electron chi connectivity index (χ2n) is 12.2. The van der Waals surface area contributed by atoms with Gasteiger partial charge in [-0.1, -0.05) is 24.3 Å². The van der Waals surface area contributed by atoms with Crippen LogP contribution in [0.25, 0.3) is 21.8 Å². The number of pyridine rings is 4. The SMILES string of the molecule is CCOC(C)(C)c1ncccc1Oc1cc2cccc(F)c2nc1C.Cc1nc2c(F)cccc2cc1Oc1cccnc1C(C)(C)O. The summed E-state index contributed by atoms with van der Waals surface area (Å²) in [5.41, 5.74) is 1.24. The normalized spacial score (nSPS) is 11.7. The van der Waals surface area contributed by atoms with Gasteiger partial charge < -0.3 is 19.3 Å². The van der Waals surface area contributed by atoms with Gasteiger partial charge in [0, 0.05) is 29.8 Å². The van der Waals surface area contributed by atoms with E-state index >= 15 is 0 Å². The van der Waals surface area contributed by atoms with Crippen LogP contribution in [-0.4, -0.2) is 31.6 Å². The molecule has 4 aromatic heterocycles. The molecule has 0 aliphatic rings. The number of hydrogen-bond acceptors (Lipinski definition) is 8. The van der Waals surface area contributed by atoms with Crippen molar-refractivity contribution in [2.24, 2.45) is 0 Å². The van der Waals surface area contributed by atoms with Gasteiger partial charge in [0.25, 0.3) is 0 Å². The topological polar surface area (TPSA) is 99.5 Å². The molecule has 0 aliphatic carbocycles. The maximum Gasteiger partial charge on any atom is 0.152 e. The van der Waals surface area contributed by atoms with E-state index in [2.05, 4.69) is 19.9 Å². The molecule has 1 N–H and O–H groups in total. The molecule has 6 rings (SSSR count). The largest absolute Gasteiger partial charge is 0.453 e. The van der Waals surface area contributed by atoms with Crippen molar-refractivity contribution in [1.29, 1.82) is 0 Å². The third kappa shape index (κ3) is 7.56. The zero-order chi connectivity index (χ0) is 34.6. The first-order valence-electron chi connectivity index (χ1n) is 15.5. The fourth-order valence-electron chi connectivity index (χ4n) is 5.20. The second-order valence-corrected chi connectivity index (χ2v) is 12.2. The van der Waals surface area contributed by atoms with Gasteiger partial charge in [-0.2, -0.15) is 0 Å². The number of hydrogen-bond donors (Lipinski definition) is 1. The van der Waals surface area contributed by atoms with E-state index in [-0.39, 0.29) is 11.6 Å². The molecule has 0 spiro atoms. The van der Waals surface area contributed by atoms with E-state index in [1.54, 1.807) is 82.6 Å². The number of aromatic nitrogens is 4. The molecule has 0 bridgehead atoms. The highest BCUT2D eigenvalue weighted by Gasteiger charge is 2.27. The third-order valence-electron chi connectivity index (χ3n) is 7.52. The first-order chi connectivity index (χ1) is 22.8. The Balaban J connectivity index is 0.000000188. The van der Waals surface area contributed by atoms with E-state index < -0.39 is 11.2 Å². The van der Waals surface area contributed by atoms with Gasteiger partial charge in [0.1, 0.15) is 56.8 Å². The molecular formula is C38H38F2N4O4. The van der Waals surface area contributed by atoms with Crippen LogP contribution in [0.15, 0.2) is 85.2 Å². The van der Waals surface area contributed by atoms with Gasteiger partial charge in [-0.05, 0) is 97.0 Å². The summed E-state index contributed by atoms with van der Waals surface area (Å²) in [6.45, 7) is 13.2. The number of para-hydroxylation sites is 2. The summed E-state index contributed by atoms with van der Waals surface area (Å²) in [5.74, 6) is 1.41. The van der Waals surface area contributed by atoms with Gasteiger partial charge in [-0.3, -0.25) is 9.97 Å². The van der Waals surface area contributed by atoms with Gasteiger partial charge >= 0.3 is 0 Å². The number of aliphatic hydroxyl groups is 1. The Morgan fingerprint density at radius 1 is 0.646 bits per heavy atom. The highest BCUT2D eigenvalue weighted by atomic mass is 19.1. The van der Waals surface area contributed by atoms with Crippen molar-refractivity contribution < 1.29 is 28.1 Å². The lowest BCUT2D eigenvalue weighted by Gasteiger charge is -2.26. The third-order valence-corrected chi connectivity index (χ3v) is 7.52. The number of halogens is 2. The minimum absolute atomic E-state index is 0.311. The predicted molar refractivity (Wildman–Crippen MR) is 181 cm³/mol. The van der Waals surface area contributed by atoms with Crippen LogP contribution in [0.1, 0.15) is 57.4 Å². The van der Waals surface area contributed by atoms with Crippen LogP contribution in [0.2, 0.25) is 0 Å². The standard InChI is InChI=1S/C20H21FN2O2.C18H17FN2O2/c1-5-24-20(3,4)19-16(10-7-11-22-19)25-17-12-14-8-6-9-15(21)18(14)23-13(17)2;1-11-15(10-12-6-4-7-13(19)16(12)21-11)23-14-8-5-9-20-17(14)18(2,3)22/h6-12H,5H2,1-4H3;4-10,22H,1-3H3. The molecule has 0 saturated carbocycles. The Morgan fingerprint density at radius 3 is 1.56 bits per heavy atom. The van der Waals surface area contributed by atoms with Crippen LogP contribution in [0, 0.1) is 25.5 Å². The van der Waals surface area contributed by atoms with Crippen molar-refractivity contribution in [3.05, 3.63) is 120 Å². The molecule has 0 amide bonds. The van der Waals surface area contributed by atoms with Crippen molar-refractivity contribution in [1.82, 2.24) is 19.9 Å². The predicted octanol–water partition coefficient (Wildman–Crippen LogP) is 9.24. The van der Waals surface area contributed by atoms with E-state index in [0.717, 1.165) is 0 Å². The van der Waals surface area contributed by atoms with Crippen molar-refractivity contribution in [2.75, 3.05) is 6.61 Å². The molecule has 0 radical (unpaired) electrons. The zero-order valence-corrected chi connectivity index (χ0v) is 28.0. The zero-order valence-electron chi connectivity index (χ0n) is 28.0. The number of aryl methyl sites for hydroxylation is 2. The smallest absolute Gasteiger partial charge is 0.152 e. The second kappa shape index (κ2) is 14.0.